The molecule has 0 saturated heterocycles. The van der Waals surface area contributed by atoms with Gasteiger partial charge in [-0.25, -0.2) is 4.79 Å². The van der Waals surface area contributed by atoms with Crippen LogP contribution in [0.4, 0.5) is 5.69 Å². The van der Waals surface area contributed by atoms with Crippen molar-refractivity contribution in [2.24, 2.45) is 0 Å². The van der Waals surface area contributed by atoms with E-state index < -0.39 is 5.97 Å². The Morgan fingerprint density at radius 1 is 1.38 bits per heavy atom. The number of carboxylic acids is 1. The van der Waals surface area contributed by atoms with Crippen molar-refractivity contribution >= 4 is 33.7 Å². The van der Waals surface area contributed by atoms with Crippen LogP contribution in [0.1, 0.15) is 45.6 Å². The van der Waals surface area contributed by atoms with Gasteiger partial charge in [0.15, 0.2) is 0 Å². The molecule has 0 bridgehead atoms. The van der Waals surface area contributed by atoms with Crippen molar-refractivity contribution in [3.8, 4) is 0 Å². The molecule has 0 spiro atoms. The predicted molar refractivity (Wildman–Crippen MR) is 92.8 cm³/mol. The van der Waals surface area contributed by atoms with E-state index in [1.165, 1.54) is 18.9 Å². The molecule has 0 aliphatic carbocycles. The Labute approximate surface area is 135 Å². The standard InChI is InChI=1S/C17H24BrNO2/c1-4-5-6-11-19(13(2)3)16-12-15(18)9-7-14(16)8-10-17(20)21/h7-10,12-13H,4-6,11H2,1-3H3,(H,20,21). The highest BCUT2D eigenvalue weighted by Crippen LogP contribution is 2.28. The first-order valence-corrected chi connectivity index (χ1v) is 8.22. The minimum atomic E-state index is -0.925. The fourth-order valence-corrected chi connectivity index (χ4v) is 2.61. The molecule has 4 heteroatoms. The topological polar surface area (TPSA) is 40.5 Å². The van der Waals surface area contributed by atoms with Crippen LogP contribution >= 0.6 is 15.9 Å². The largest absolute Gasteiger partial charge is 0.478 e. The first-order chi connectivity index (χ1) is 9.95. The van der Waals surface area contributed by atoms with Crippen molar-refractivity contribution in [3.05, 3.63) is 34.3 Å². The Bertz CT molecular complexity index is 498. The number of rotatable bonds is 8. The lowest BCUT2D eigenvalue weighted by atomic mass is 10.1. The SMILES string of the molecule is CCCCCN(c1cc(Br)ccc1C=CC(=O)O)C(C)C. The summed E-state index contributed by atoms with van der Waals surface area (Å²) in [5, 5.41) is 8.83. The fourth-order valence-electron chi connectivity index (χ4n) is 2.26. The predicted octanol–water partition coefficient (Wildman–Crippen LogP) is 4.95. The number of hydrogen-bond acceptors (Lipinski definition) is 2. The second kappa shape index (κ2) is 8.88. The summed E-state index contributed by atoms with van der Waals surface area (Å²) < 4.78 is 1.01. The maximum absolute atomic E-state index is 10.8. The van der Waals surface area contributed by atoms with Crippen molar-refractivity contribution in [1.82, 2.24) is 0 Å². The van der Waals surface area contributed by atoms with Crippen LogP contribution in [0.3, 0.4) is 0 Å². The number of halogens is 1. The zero-order chi connectivity index (χ0) is 15.8. The zero-order valence-corrected chi connectivity index (χ0v) is 14.6. The lowest BCUT2D eigenvalue weighted by Crippen LogP contribution is -2.32. The molecule has 21 heavy (non-hydrogen) atoms. The van der Waals surface area contributed by atoms with E-state index in [1.54, 1.807) is 6.08 Å². The van der Waals surface area contributed by atoms with Crippen LogP contribution in [0.2, 0.25) is 0 Å². The van der Waals surface area contributed by atoms with Crippen molar-refractivity contribution in [1.29, 1.82) is 0 Å². The molecule has 116 valence electrons. The van der Waals surface area contributed by atoms with E-state index in [1.807, 2.05) is 12.1 Å². The molecule has 0 aliphatic heterocycles. The second-order valence-corrected chi connectivity index (χ2v) is 6.28. The molecule has 1 N–H and O–H groups in total. The number of nitrogens with zero attached hydrogens (tertiary/aromatic N) is 1. The number of unbranched alkanes of at least 4 members (excludes halogenated alkanes) is 2. The molecular weight excluding hydrogens is 330 g/mol. The maximum atomic E-state index is 10.8. The second-order valence-electron chi connectivity index (χ2n) is 5.37. The van der Waals surface area contributed by atoms with Crippen LogP contribution in [0.5, 0.6) is 0 Å². The summed E-state index contributed by atoms with van der Waals surface area (Å²) in [5.74, 6) is -0.925. The molecule has 3 nitrogen and oxygen atoms in total. The summed E-state index contributed by atoms with van der Waals surface area (Å²) in [6.45, 7) is 7.50. The fraction of sp³-hybridized carbons (Fsp3) is 0.471. The monoisotopic (exact) mass is 353 g/mol. The Morgan fingerprint density at radius 2 is 2.10 bits per heavy atom. The van der Waals surface area contributed by atoms with E-state index in [0.29, 0.717) is 6.04 Å². The zero-order valence-electron chi connectivity index (χ0n) is 13.0. The van der Waals surface area contributed by atoms with Gasteiger partial charge < -0.3 is 10.0 Å². The number of benzene rings is 1. The van der Waals surface area contributed by atoms with Gasteiger partial charge in [0.05, 0.1) is 0 Å². The Hall–Kier alpha value is -1.29. The van der Waals surface area contributed by atoms with Gasteiger partial charge in [0, 0.05) is 28.8 Å². The van der Waals surface area contributed by atoms with Crippen LogP contribution < -0.4 is 4.90 Å². The van der Waals surface area contributed by atoms with Crippen molar-refractivity contribution in [2.75, 3.05) is 11.4 Å². The van der Waals surface area contributed by atoms with E-state index in [9.17, 15) is 4.79 Å². The molecule has 0 aromatic heterocycles. The van der Waals surface area contributed by atoms with Crippen LogP contribution in [0.15, 0.2) is 28.7 Å². The van der Waals surface area contributed by atoms with E-state index in [0.717, 1.165) is 28.7 Å². The van der Waals surface area contributed by atoms with Gasteiger partial charge in [-0.15, -0.1) is 0 Å². The van der Waals surface area contributed by atoms with Crippen LogP contribution in [0.25, 0.3) is 6.08 Å². The minimum Gasteiger partial charge on any atom is -0.478 e. The van der Waals surface area contributed by atoms with Gasteiger partial charge in [-0.1, -0.05) is 41.8 Å². The number of hydrogen-bond donors (Lipinski definition) is 1. The quantitative estimate of drug-likeness (QED) is 0.530. The molecule has 0 saturated carbocycles. The molecule has 1 aromatic rings. The molecule has 0 heterocycles. The number of carbonyl (C=O) groups is 1. The smallest absolute Gasteiger partial charge is 0.328 e. The maximum Gasteiger partial charge on any atom is 0.328 e. The highest BCUT2D eigenvalue weighted by molar-refractivity contribution is 9.10. The molecule has 0 atom stereocenters. The molecule has 0 aliphatic rings. The third-order valence-electron chi connectivity index (χ3n) is 3.33. The van der Waals surface area contributed by atoms with Gasteiger partial charge in [0.2, 0.25) is 0 Å². The van der Waals surface area contributed by atoms with Crippen molar-refractivity contribution < 1.29 is 9.90 Å². The normalized spacial score (nSPS) is 11.3. The van der Waals surface area contributed by atoms with Crippen LogP contribution in [-0.2, 0) is 4.79 Å². The van der Waals surface area contributed by atoms with Gasteiger partial charge in [0.25, 0.3) is 0 Å². The number of anilines is 1. The van der Waals surface area contributed by atoms with Gasteiger partial charge in [0.1, 0.15) is 0 Å². The highest BCUT2D eigenvalue weighted by atomic mass is 79.9. The van der Waals surface area contributed by atoms with Gasteiger partial charge in [-0.2, -0.15) is 0 Å². The first kappa shape index (κ1) is 17.8. The summed E-state index contributed by atoms with van der Waals surface area (Å²) >= 11 is 3.51. The third kappa shape index (κ3) is 5.92. The molecule has 0 fully saturated rings. The average Bonchev–Trinajstić information content (AvgIpc) is 2.41. The number of carboxylic acid groups (broad SMARTS) is 1. The molecular formula is C17H24BrNO2. The molecule has 0 unspecified atom stereocenters. The van der Waals surface area contributed by atoms with Crippen LogP contribution in [0, 0.1) is 0 Å². The molecule has 0 amide bonds. The summed E-state index contributed by atoms with van der Waals surface area (Å²) in [5.41, 5.74) is 2.01. The Kier molecular flexibility index (Phi) is 7.51. The van der Waals surface area contributed by atoms with Crippen molar-refractivity contribution in [2.45, 2.75) is 46.1 Å². The van der Waals surface area contributed by atoms with E-state index >= 15 is 0 Å². The van der Waals surface area contributed by atoms with E-state index in [4.69, 9.17) is 5.11 Å². The van der Waals surface area contributed by atoms with Gasteiger partial charge in [-0.05, 0) is 44.0 Å². The molecule has 0 radical (unpaired) electrons. The summed E-state index contributed by atoms with van der Waals surface area (Å²) in [4.78, 5) is 13.1. The molecule has 1 aromatic carbocycles. The summed E-state index contributed by atoms with van der Waals surface area (Å²) in [7, 11) is 0. The van der Waals surface area contributed by atoms with Crippen LogP contribution in [-0.4, -0.2) is 23.7 Å². The lowest BCUT2D eigenvalue weighted by Gasteiger charge is -2.30. The summed E-state index contributed by atoms with van der Waals surface area (Å²) in [6.07, 6.45) is 6.40. The Morgan fingerprint density at radius 3 is 2.67 bits per heavy atom. The number of aliphatic carboxylic acids is 1. The average molecular weight is 354 g/mol. The Balaban J connectivity index is 3.09. The lowest BCUT2D eigenvalue weighted by molar-refractivity contribution is -0.131. The van der Waals surface area contributed by atoms with E-state index in [-0.39, 0.29) is 0 Å². The third-order valence-corrected chi connectivity index (χ3v) is 3.83. The van der Waals surface area contributed by atoms with Crippen molar-refractivity contribution in [3.63, 3.8) is 0 Å². The highest BCUT2D eigenvalue weighted by Gasteiger charge is 2.13. The van der Waals surface area contributed by atoms with E-state index in [2.05, 4.69) is 47.7 Å². The summed E-state index contributed by atoms with van der Waals surface area (Å²) in [6, 6.07) is 6.32. The molecule has 1 rings (SSSR count). The minimum absolute atomic E-state index is 0.369. The first-order valence-electron chi connectivity index (χ1n) is 7.43. The van der Waals surface area contributed by atoms with Gasteiger partial charge >= 0.3 is 5.97 Å². The van der Waals surface area contributed by atoms with Gasteiger partial charge in [-0.3, -0.25) is 0 Å².